The maximum absolute atomic E-state index is 14.8. The van der Waals surface area contributed by atoms with E-state index in [9.17, 15) is 23.6 Å². The zero-order valence-electron chi connectivity index (χ0n) is 21.3. The van der Waals surface area contributed by atoms with Gasteiger partial charge in [-0.1, -0.05) is 49.6 Å². The summed E-state index contributed by atoms with van der Waals surface area (Å²) in [6.07, 6.45) is 3.25. The van der Waals surface area contributed by atoms with Gasteiger partial charge >= 0.3 is 6.09 Å². The molecule has 1 unspecified atom stereocenters. The van der Waals surface area contributed by atoms with Crippen LogP contribution in [0.25, 0.3) is 0 Å². The molecule has 8 heteroatoms. The number of nitrogens with zero attached hydrogens (tertiary/aromatic N) is 2. The highest BCUT2D eigenvalue weighted by Gasteiger charge is 2.64. The Hall–Kier alpha value is -3.55. The van der Waals surface area contributed by atoms with Crippen molar-refractivity contribution in [1.82, 2.24) is 4.90 Å². The zero-order chi connectivity index (χ0) is 26.5. The fraction of sp³-hybridized carbons (Fsp3) is 0.448. The number of likely N-dealkylation sites (tertiary alicyclic amines) is 1. The van der Waals surface area contributed by atoms with Gasteiger partial charge in [0.2, 0.25) is 11.8 Å². The molecule has 2 aromatic carbocycles. The van der Waals surface area contributed by atoms with Gasteiger partial charge in [0.05, 0.1) is 11.6 Å². The van der Waals surface area contributed by atoms with Crippen molar-refractivity contribution in [3.05, 3.63) is 65.5 Å². The molecule has 194 valence electrons. The van der Waals surface area contributed by atoms with Gasteiger partial charge < -0.3 is 4.74 Å². The first-order valence-corrected chi connectivity index (χ1v) is 12.8. The molecule has 4 amide bonds. The van der Waals surface area contributed by atoms with Gasteiger partial charge in [0.15, 0.2) is 0 Å². The van der Waals surface area contributed by atoms with Gasteiger partial charge in [0.25, 0.3) is 5.91 Å². The van der Waals surface area contributed by atoms with Crippen LogP contribution in [0.1, 0.15) is 70.4 Å². The standard InChI is InChI=1S/C29H31FN2O5/c1-28(2,3)37-27(36)32-23-15-14-19(30)16-21(23)29(26(32)35,18-10-6-4-7-11-18)22-17-24(33)31(25(22)34)20-12-8-5-9-13-20/h4,6-7,10-11,14-16,20,22H,5,8-9,12-13,17H2,1-3H3/t22-,29?/m1/s1. The third-order valence-corrected chi connectivity index (χ3v) is 7.62. The van der Waals surface area contributed by atoms with Crippen molar-refractivity contribution in [3.8, 4) is 0 Å². The Labute approximate surface area is 215 Å². The second kappa shape index (κ2) is 9.08. The van der Waals surface area contributed by atoms with Gasteiger partial charge in [-0.2, -0.15) is 0 Å². The molecule has 2 aromatic rings. The number of benzene rings is 2. The van der Waals surface area contributed by atoms with Gasteiger partial charge in [-0.25, -0.2) is 14.1 Å². The highest BCUT2D eigenvalue weighted by molar-refractivity contribution is 6.25. The van der Waals surface area contributed by atoms with Crippen molar-refractivity contribution < 1.29 is 28.3 Å². The molecule has 3 aliphatic rings. The molecule has 0 radical (unpaired) electrons. The van der Waals surface area contributed by atoms with Gasteiger partial charge in [-0.3, -0.25) is 19.3 Å². The SMILES string of the molecule is CC(C)(C)OC(=O)N1C(=O)C(c2ccccc2)([C@@H]2CC(=O)N(C3CCCCC3)C2=O)c2cc(F)ccc21. The third-order valence-electron chi connectivity index (χ3n) is 7.62. The van der Waals surface area contributed by atoms with Gasteiger partial charge in [0.1, 0.15) is 16.8 Å². The average Bonchev–Trinajstić information content (AvgIpc) is 3.28. The summed E-state index contributed by atoms with van der Waals surface area (Å²) in [6.45, 7) is 5.05. The van der Waals surface area contributed by atoms with Gasteiger partial charge in [-0.05, 0) is 57.4 Å². The van der Waals surface area contributed by atoms with Crippen molar-refractivity contribution in [2.24, 2.45) is 5.92 Å². The predicted octanol–water partition coefficient (Wildman–Crippen LogP) is 5.10. The predicted molar refractivity (Wildman–Crippen MR) is 134 cm³/mol. The Morgan fingerprint density at radius 1 is 1.00 bits per heavy atom. The van der Waals surface area contributed by atoms with E-state index in [0.29, 0.717) is 5.56 Å². The summed E-state index contributed by atoms with van der Waals surface area (Å²) in [4.78, 5) is 57.4. The molecule has 0 bridgehead atoms. The Morgan fingerprint density at radius 3 is 2.32 bits per heavy atom. The van der Waals surface area contributed by atoms with E-state index in [-0.39, 0.29) is 29.6 Å². The Balaban J connectivity index is 1.70. The first-order valence-electron chi connectivity index (χ1n) is 12.8. The second-order valence-corrected chi connectivity index (χ2v) is 11.1. The molecular formula is C29H31FN2O5. The number of halogens is 1. The molecule has 0 N–H and O–H groups in total. The van der Waals surface area contributed by atoms with Crippen LogP contribution in [0.2, 0.25) is 0 Å². The highest BCUT2D eigenvalue weighted by Crippen LogP contribution is 2.54. The van der Waals surface area contributed by atoms with E-state index in [0.717, 1.165) is 37.0 Å². The van der Waals surface area contributed by atoms with Crippen LogP contribution in [0.15, 0.2) is 48.5 Å². The number of amides is 4. The fourth-order valence-electron chi connectivity index (χ4n) is 6.14. The van der Waals surface area contributed by atoms with Crippen molar-refractivity contribution in [2.45, 2.75) is 76.4 Å². The lowest BCUT2D eigenvalue weighted by Gasteiger charge is -2.35. The van der Waals surface area contributed by atoms with E-state index in [2.05, 4.69) is 0 Å². The average molecular weight is 507 g/mol. The fourth-order valence-corrected chi connectivity index (χ4v) is 6.14. The van der Waals surface area contributed by atoms with E-state index in [1.165, 1.54) is 23.1 Å². The van der Waals surface area contributed by atoms with E-state index in [4.69, 9.17) is 4.74 Å². The summed E-state index contributed by atoms with van der Waals surface area (Å²) in [7, 11) is 0. The van der Waals surface area contributed by atoms with E-state index >= 15 is 0 Å². The lowest BCUT2D eigenvalue weighted by Crippen LogP contribution is -2.52. The molecule has 7 nitrogen and oxygen atoms in total. The molecule has 1 saturated heterocycles. The number of rotatable bonds is 3. The lowest BCUT2D eigenvalue weighted by atomic mass is 9.65. The number of carbonyl (C=O) groups excluding carboxylic acids is 4. The summed E-state index contributed by atoms with van der Waals surface area (Å²) in [5.41, 5.74) is -1.89. The normalized spacial score (nSPS) is 24.5. The molecule has 2 fully saturated rings. The molecule has 5 rings (SSSR count). The van der Waals surface area contributed by atoms with Crippen LogP contribution in [-0.2, 0) is 24.5 Å². The molecule has 2 atom stereocenters. The molecule has 2 heterocycles. The monoisotopic (exact) mass is 506 g/mol. The minimum absolute atomic E-state index is 0.154. The van der Waals surface area contributed by atoms with Crippen molar-refractivity contribution in [3.63, 3.8) is 0 Å². The summed E-state index contributed by atoms with van der Waals surface area (Å²) in [5.74, 6) is -3.23. The smallest absolute Gasteiger partial charge is 0.421 e. The number of anilines is 1. The van der Waals surface area contributed by atoms with Crippen LogP contribution >= 0.6 is 0 Å². The van der Waals surface area contributed by atoms with E-state index < -0.39 is 40.7 Å². The first kappa shape index (κ1) is 25.1. The summed E-state index contributed by atoms with van der Waals surface area (Å²) in [5, 5.41) is 0. The molecule has 0 spiro atoms. The Kier molecular flexibility index (Phi) is 6.16. The number of hydrogen-bond donors (Lipinski definition) is 0. The van der Waals surface area contributed by atoms with Gasteiger partial charge in [-0.15, -0.1) is 0 Å². The molecule has 37 heavy (non-hydrogen) atoms. The lowest BCUT2D eigenvalue weighted by molar-refractivity contribution is -0.144. The quantitative estimate of drug-likeness (QED) is 0.541. The molecule has 1 aliphatic carbocycles. The minimum Gasteiger partial charge on any atom is -0.443 e. The van der Waals surface area contributed by atoms with Crippen LogP contribution in [0.5, 0.6) is 0 Å². The number of carbonyl (C=O) groups is 4. The van der Waals surface area contributed by atoms with Crippen LogP contribution in [0.3, 0.4) is 0 Å². The van der Waals surface area contributed by atoms with E-state index in [1.807, 2.05) is 0 Å². The van der Waals surface area contributed by atoms with Crippen LogP contribution in [0.4, 0.5) is 14.9 Å². The molecule has 2 aliphatic heterocycles. The summed E-state index contributed by atoms with van der Waals surface area (Å²) < 4.78 is 20.3. The Morgan fingerprint density at radius 2 is 1.68 bits per heavy atom. The largest absolute Gasteiger partial charge is 0.443 e. The Bertz CT molecular complexity index is 1260. The number of fused-ring (bicyclic) bond motifs is 1. The van der Waals surface area contributed by atoms with Crippen LogP contribution in [0, 0.1) is 11.7 Å². The maximum atomic E-state index is 14.8. The summed E-state index contributed by atoms with van der Waals surface area (Å²) >= 11 is 0. The number of hydrogen-bond acceptors (Lipinski definition) is 5. The second-order valence-electron chi connectivity index (χ2n) is 11.1. The third kappa shape index (κ3) is 4.03. The van der Waals surface area contributed by atoms with Crippen molar-refractivity contribution in [2.75, 3.05) is 4.90 Å². The van der Waals surface area contributed by atoms with Crippen LogP contribution < -0.4 is 4.90 Å². The van der Waals surface area contributed by atoms with Crippen molar-refractivity contribution in [1.29, 1.82) is 0 Å². The van der Waals surface area contributed by atoms with Gasteiger partial charge in [0, 0.05) is 18.0 Å². The first-order chi connectivity index (χ1) is 17.6. The maximum Gasteiger partial charge on any atom is 0.421 e. The zero-order valence-corrected chi connectivity index (χ0v) is 21.3. The highest BCUT2D eigenvalue weighted by atomic mass is 19.1. The number of imide groups is 2. The van der Waals surface area contributed by atoms with Crippen LogP contribution in [-0.4, -0.2) is 40.4 Å². The molecular weight excluding hydrogens is 475 g/mol. The minimum atomic E-state index is -1.76. The molecule has 0 aromatic heterocycles. The molecule has 1 saturated carbocycles. The van der Waals surface area contributed by atoms with E-state index in [1.54, 1.807) is 51.1 Å². The number of ether oxygens (including phenoxy) is 1. The topological polar surface area (TPSA) is 84.0 Å². The summed E-state index contributed by atoms with van der Waals surface area (Å²) in [6, 6.07) is 12.1. The van der Waals surface area contributed by atoms with Crippen molar-refractivity contribution >= 4 is 29.5 Å².